The summed E-state index contributed by atoms with van der Waals surface area (Å²) in [5.74, 6) is 1.43. The number of H-pyrrole nitrogens is 1. The highest BCUT2D eigenvalue weighted by atomic mass is 15.1. The van der Waals surface area contributed by atoms with Gasteiger partial charge in [0.25, 0.3) is 0 Å². The van der Waals surface area contributed by atoms with Gasteiger partial charge >= 0.3 is 0 Å². The monoisotopic (exact) mass is 365 g/mol. The van der Waals surface area contributed by atoms with Gasteiger partial charge in [-0.05, 0) is 35.9 Å². The quantitative estimate of drug-likeness (QED) is 0.489. The van der Waals surface area contributed by atoms with E-state index in [1.165, 1.54) is 0 Å². The summed E-state index contributed by atoms with van der Waals surface area (Å²) in [7, 11) is 1.98. The molecule has 0 fully saturated rings. The number of anilines is 2. The summed E-state index contributed by atoms with van der Waals surface area (Å²) in [6.07, 6.45) is 8.62. The van der Waals surface area contributed by atoms with Crippen molar-refractivity contribution in [2.45, 2.75) is 0 Å². The molecule has 6 heteroatoms. The van der Waals surface area contributed by atoms with Gasteiger partial charge in [0.05, 0.1) is 12.4 Å². The SMILES string of the molecule is Cn1[c]cc2ccc(-c3nccc(Nc4ccc(-c5cn[nH]c5)cc4)n3)cc21. The Hall–Kier alpha value is -3.93. The van der Waals surface area contributed by atoms with Crippen molar-refractivity contribution in [1.29, 1.82) is 0 Å². The molecule has 1 radical (unpaired) electrons. The molecule has 0 saturated heterocycles. The minimum absolute atomic E-state index is 0.683. The minimum Gasteiger partial charge on any atom is -0.342 e. The number of aryl methyl sites for hydroxylation is 1. The van der Waals surface area contributed by atoms with Crippen molar-refractivity contribution < 1.29 is 0 Å². The first-order valence-electron chi connectivity index (χ1n) is 8.93. The van der Waals surface area contributed by atoms with Crippen molar-refractivity contribution in [2.24, 2.45) is 7.05 Å². The van der Waals surface area contributed by atoms with E-state index in [-0.39, 0.29) is 0 Å². The number of nitrogens with one attached hydrogen (secondary N) is 2. The van der Waals surface area contributed by atoms with Gasteiger partial charge in [0.2, 0.25) is 0 Å². The van der Waals surface area contributed by atoms with Crippen molar-refractivity contribution >= 4 is 22.4 Å². The molecule has 6 nitrogen and oxygen atoms in total. The van der Waals surface area contributed by atoms with Gasteiger partial charge in [-0.25, -0.2) is 9.97 Å². The first kappa shape index (κ1) is 16.3. The highest BCUT2D eigenvalue weighted by Gasteiger charge is 2.07. The van der Waals surface area contributed by atoms with Crippen LogP contribution in [0.1, 0.15) is 0 Å². The van der Waals surface area contributed by atoms with Crippen LogP contribution in [0.15, 0.2) is 73.2 Å². The van der Waals surface area contributed by atoms with Crippen LogP contribution in [0.3, 0.4) is 0 Å². The minimum atomic E-state index is 0.683. The third kappa shape index (κ3) is 3.01. The van der Waals surface area contributed by atoms with E-state index in [4.69, 9.17) is 0 Å². The fourth-order valence-corrected chi connectivity index (χ4v) is 3.20. The van der Waals surface area contributed by atoms with Gasteiger partial charge in [-0.2, -0.15) is 5.10 Å². The van der Waals surface area contributed by atoms with E-state index in [9.17, 15) is 0 Å². The fraction of sp³-hybridized carbons (Fsp3) is 0.0455. The first-order valence-corrected chi connectivity index (χ1v) is 8.93. The van der Waals surface area contributed by atoms with Gasteiger partial charge in [-0.15, -0.1) is 0 Å². The molecule has 0 spiro atoms. The molecular weight excluding hydrogens is 348 g/mol. The predicted octanol–water partition coefficient (Wildman–Crippen LogP) is 4.57. The molecule has 0 aliphatic carbocycles. The molecule has 0 saturated carbocycles. The van der Waals surface area contributed by atoms with E-state index in [1.807, 2.05) is 48.1 Å². The van der Waals surface area contributed by atoms with Crippen LogP contribution in [0.5, 0.6) is 0 Å². The van der Waals surface area contributed by atoms with E-state index in [0.717, 1.165) is 39.1 Å². The van der Waals surface area contributed by atoms with E-state index in [0.29, 0.717) is 5.82 Å². The van der Waals surface area contributed by atoms with Gasteiger partial charge in [0, 0.05) is 47.2 Å². The lowest BCUT2D eigenvalue weighted by Gasteiger charge is -2.08. The number of rotatable bonds is 4. The lowest BCUT2D eigenvalue weighted by molar-refractivity contribution is 0.960. The van der Waals surface area contributed by atoms with Gasteiger partial charge in [-0.1, -0.05) is 24.3 Å². The Bertz CT molecular complexity index is 1240. The first-order chi connectivity index (χ1) is 13.8. The second-order valence-electron chi connectivity index (χ2n) is 6.56. The third-order valence-corrected chi connectivity index (χ3v) is 4.71. The van der Waals surface area contributed by atoms with Crippen molar-refractivity contribution in [3.8, 4) is 22.5 Å². The highest BCUT2D eigenvalue weighted by molar-refractivity contribution is 5.84. The second kappa shape index (κ2) is 6.66. The zero-order valence-corrected chi connectivity index (χ0v) is 15.2. The van der Waals surface area contributed by atoms with Crippen LogP contribution in [-0.4, -0.2) is 24.7 Å². The molecule has 5 aromatic rings. The molecule has 3 aromatic heterocycles. The lowest BCUT2D eigenvalue weighted by Crippen LogP contribution is -1.97. The highest BCUT2D eigenvalue weighted by Crippen LogP contribution is 2.25. The summed E-state index contributed by atoms with van der Waals surface area (Å²) in [5.41, 5.74) is 5.21. The Morgan fingerprint density at radius 1 is 1.00 bits per heavy atom. The molecule has 2 aromatic carbocycles. The molecule has 2 N–H and O–H groups in total. The number of aromatic amines is 1. The van der Waals surface area contributed by atoms with Crippen molar-refractivity contribution in [3.63, 3.8) is 0 Å². The van der Waals surface area contributed by atoms with E-state index >= 15 is 0 Å². The van der Waals surface area contributed by atoms with Gasteiger partial charge < -0.3 is 9.88 Å². The van der Waals surface area contributed by atoms with E-state index < -0.39 is 0 Å². The molecule has 135 valence electrons. The van der Waals surface area contributed by atoms with Crippen molar-refractivity contribution in [1.82, 2.24) is 24.7 Å². The van der Waals surface area contributed by atoms with Crippen LogP contribution >= 0.6 is 0 Å². The summed E-state index contributed by atoms with van der Waals surface area (Å²) < 4.78 is 1.97. The molecule has 0 aliphatic rings. The fourth-order valence-electron chi connectivity index (χ4n) is 3.20. The van der Waals surface area contributed by atoms with Crippen LogP contribution in [0.4, 0.5) is 11.5 Å². The summed E-state index contributed by atoms with van der Waals surface area (Å²) in [6, 6.07) is 18.2. The largest absolute Gasteiger partial charge is 0.342 e. The average Bonchev–Trinajstić information content (AvgIpc) is 3.39. The molecule has 0 unspecified atom stereocenters. The van der Waals surface area contributed by atoms with E-state index in [1.54, 1.807) is 12.4 Å². The number of nitrogens with zero attached hydrogens (tertiary/aromatic N) is 4. The molecular formula is C22H17N6. The number of hydrogen-bond donors (Lipinski definition) is 2. The summed E-state index contributed by atoms with van der Waals surface area (Å²) in [4.78, 5) is 9.11. The summed E-state index contributed by atoms with van der Waals surface area (Å²) in [5, 5.41) is 11.3. The predicted molar refractivity (Wildman–Crippen MR) is 110 cm³/mol. The molecule has 5 rings (SSSR count). The lowest BCUT2D eigenvalue weighted by atomic mass is 10.1. The van der Waals surface area contributed by atoms with Crippen molar-refractivity contribution in [3.05, 3.63) is 79.4 Å². The Balaban J connectivity index is 1.41. The van der Waals surface area contributed by atoms with Gasteiger partial charge in [0.15, 0.2) is 5.82 Å². The molecule has 0 aliphatic heterocycles. The standard InChI is InChI=1S/C22H17N6/c1-28-11-9-16-2-3-17(12-20(16)28)22-23-10-8-21(27-22)26-19-6-4-15(5-7-19)18-13-24-25-14-18/h2-10,12-14H,1H3,(H,24,25)(H,23,26,27). The van der Waals surface area contributed by atoms with Crippen LogP contribution in [0, 0.1) is 6.20 Å². The molecule has 3 heterocycles. The maximum absolute atomic E-state index is 4.67. The Morgan fingerprint density at radius 3 is 2.68 bits per heavy atom. The number of hydrogen-bond acceptors (Lipinski definition) is 4. The zero-order valence-electron chi connectivity index (χ0n) is 15.2. The van der Waals surface area contributed by atoms with Gasteiger partial charge in [0.1, 0.15) is 5.82 Å². The van der Waals surface area contributed by atoms with Crippen LogP contribution in [0.2, 0.25) is 0 Å². The maximum atomic E-state index is 4.67. The smallest absolute Gasteiger partial charge is 0.161 e. The number of benzene rings is 2. The van der Waals surface area contributed by atoms with Crippen LogP contribution < -0.4 is 5.32 Å². The topological polar surface area (TPSA) is 71.4 Å². The van der Waals surface area contributed by atoms with Crippen molar-refractivity contribution in [2.75, 3.05) is 5.32 Å². The van der Waals surface area contributed by atoms with E-state index in [2.05, 4.69) is 55.9 Å². The summed E-state index contributed by atoms with van der Waals surface area (Å²) >= 11 is 0. The molecule has 28 heavy (non-hydrogen) atoms. The third-order valence-electron chi connectivity index (χ3n) is 4.71. The Labute approximate surface area is 161 Å². The Morgan fingerprint density at radius 2 is 1.86 bits per heavy atom. The number of fused-ring (bicyclic) bond motifs is 1. The number of aromatic nitrogens is 5. The molecule has 0 atom stereocenters. The van der Waals surface area contributed by atoms with Crippen LogP contribution in [0.25, 0.3) is 33.4 Å². The van der Waals surface area contributed by atoms with Crippen LogP contribution in [-0.2, 0) is 7.05 Å². The molecule has 0 bridgehead atoms. The average molecular weight is 365 g/mol. The normalized spacial score (nSPS) is 11.0. The zero-order chi connectivity index (χ0) is 18.9. The second-order valence-corrected chi connectivity index (χ2v) is 6.56. The Kier molecular flexibility index (Phi) is 3.87. The maximum Gasteiger partial charge on any atom is 0.161 e. The summed E-state index contributed by atoms with van der Waals surface area (Å²) in [6.45, 7) is 0. The van der Waals surface area contributed by atoms with Gasteiger partial charge in [-0.3, -0.25) is 5.10 Å². The molecule has 0 amide bonds.